The number of H-pyrrole nitrogens is 1. The SMILES string of the molecule is CCc1n[nH]c(CC(=O)N2CCN(c3ccc4c(CC)nn(C5CCC5)c4c3)CC2)n1.Cc1ccccc1. The molecule has 2 aromatic heterocycles. The quantitative estimate of drug-likeness (QED) is 0.397. The monoisotopic (exact) mass is 513 g/mol. The van der Waals surface area contributed by atoms with Crippen molar-refractivity contribution in [3.8, 4) is 0 Å². The van der Waals surface area contributed by atoms with Crippen LogP contribution in [0.5, 0.6) is 0 Å². The molecule has 1 aliphatic heterocycles. The second kappa shape index (κ2) is 11.8. The van der Waals surface area contributed by atoms with Gasteiger partial charge in [-0.3, -0.25) is 14.6 Å². The lowest BCUT2D eigenvalue weighted by molar-refractivity contribution is -0.130. The molecule has 4 aromatic rings. The molecule has 0 bridgehead atoms. The molecule has 2 fully saturated rings. The number of nitrogens with one attached hydrogen (secondary N) is 1. The van der Waals surface area contributed by atoms with Gasteiger partial charge < -0.3 is 9.80 Å². The molecular weight excluding hydrogens is 474 g/mol. The molecule has 1 saturated carbocycles. The lowest BCUT2D eigenvalue weighted by atomic mass is 9.93. The third-order valence-electron chi connectivity index (χ3n) is 7.67. The Morgan fingerprint density at radius 1 is 1.00 bits per heavy atom. The molecule has 200 valence electrons. The van der Waals surface area contributed by atoms with Gasteiger partial charge in [-0.15, -0.1) is 0 Å². The summed E-state index contributed by atoms with van der Waals surface area (Å²) in [5, 5.41) is 13.2. The fraction of sp³-hybridized carbons (Fsp3) is 0.467. The van der Waals surface area contributed by atoms with E-state index < -0.39 is 0 Å². The number of fused-ring (bicyclic) bond motifs is 1. The van der Waals surface area contributed by atoms with Gasteiger partial charge in [-0.05, 0) is 50.8 Å². The Balaban J connectivity index is 0.000000366. The van der Waals surface area contributed by atoms with Gasteiger partial charge in [-0.25, -0.2) is 4.98 Å². The highest BCUT2D eigenvalue weighted by Gasteiger charge is 2.25. The molecule has 6 rings (SSSR count). The molecule has 0 spiro atoms. The maximum absolute atomic E-state index is 12.7. The minimum absolute atomic E-state index is 0.115. The lowest BCUT2D eigenvalue weighted by Crippen LogP contribution is -2.49. The fourth-order valence-electron chi connectivity index (χ4n) is 5.13. The van der Waals surface area contributed by atoms with E-state index in [0.717, 1.165) is 44.8 Å². The summed E-state index contributed by atoms with van der Waals surface area (Å²) < 4.78 is 2.27. The second-order valence-electron chi connectivity index (χ2n) is 10.3. The van der Waals surface area contributed by atoms with E-state index in [9.17, 15) is 4.79 Å². The summed E-state index contributed by atoms with van der Waals surface area (Å²) in [6.07, 6.45) is 5.79. The predicted octanol–water partition coefficient (Wildman–Crippen LogP) is 4.89. The molecular formula is C30H39N7O. The normalized spacial score (nSPS) is 15.8. The van der Waals surface area contributed by atoms with Crippen LogP contribution >= 0.6 is 0 Å². The zero-order chi connectivity index (χ0) is 26.5. The number of amides is 1. The van der Waals surface area contributed by atoms with Crippen LogP contribution in [0.2, 0.25) is 0 Å². The number of hydrogen-bond donors (Lipinski definition) is 1. The summed E-state index contributed by atoms with van der Waals surface area (Å²) in [7, 11) is 0. The number of aromatic amines is 1. The third-order valence-corrected chi connectivity index (χ3v) is 7.67. The molecule has 2 aliphatic rings. The molecule has 0 radical (unpaired) electrons. The number of carbonyl (C=O) groups is 1. The molecule has 38 heavy (non-hydrogen) atoms. The molecule has 3 heterocycles. The Hall–Kier alpha value is -3.68. The number of rotatable bonds is 6. The summed E-state index contributed by atoms with van der Waals surface area (Å²) in [5.41, 5.74) is 5.00. The van der Waals surface area contributed by atoms with Gasteiger partial charge in [0.15, 0.2) is 0 Å². The van der Waals surface area contributed by atoms with E-state index in [0.29, 0.717) is 18.3 Å². The van der Waals surface area contributed by atoms with Crippen molar-refractivity contribution in [3.63, 3.8) is 0 Å². The van der Waals surface area contributed by atoms with Gasteiger partial charge in [0.05, 0.1) is 23.7 Å². The Bertz CT molecular complexity index is 1350. The first kappa shape index (κ1) is 25.9. The van der Waals surface area contributed by atoms with Gasteiger partial charge in [0.1, 0.15) is 11.6 Å². The van der Waals surface area contributed by atoms with Crippen LogP contribution in [0.4, 0.5) is 5.69 Å². The van der Waals surface area contributed by atoms with Gasteiger partial charge in [-0.2, -0.15) is 10.2 Å². The summed E-state index contributed by atoms with van der Waals surface area (Å²) in [4.78, 5) is 21.4. The Labute approximate surface area is 225 Å². The first-order valence-electron chi connectivity index (χ1n) is 14.0. The molecule has 0 atom stereocenters. The maximum atomic E-state index is 12.7. The van der Waals surface area contributed by atoms with E-state index >= 15 is 0 Å². The molecule has 1 amide bonds. The molecule has 1 aliphatic carbocycles. The smallest absolute Gasteiger partial charge is 0.230 e. The number of anilines is 1. The van der Waals surface area contributed by atoms with Crippen LogP contribution in [-0.2, 0) is 24.1 Å². The number of hydrogen-bond acceptors (Lipinski definition) is 5. The Kier molecular flexibility index (Phi) is 8.05. The lowest BCUT2D eigenvalue weighted by Gasteiger charge is -2.36. The highest BCUT2D eigenvalue weighted by Crippen LogP contribution is 2.36. The first-order valence-corrected chi connectivity index (χ1v) is 14.0. The average Bonchev–Trinajstić information content (AvgIpc) is 3.52. The van der Waals surface area contributed by atoms with Crippen LogP contribution < -0.4 is 4.90 Å². The van der Waals surface area contributed by atoms with Gasteiger partial charge in [0, 0.05) is 43.7 Å². The fourth-order valence-corrected chi connectivity index (χ4v) is 5.13. The van der Waals surface area contributed by atoms with E-state index in [1.165, 1.54) is 47.1 Å². The minimum Gasteiger partial charge on any atom is -0.368 e. The largest absolute Gasteiger partial charge is 0.368 e. The predicted molar refractivity (Wildman–Crippen MR) is 151 cm³/mol. The van der Waals surface area contributed by atoms with Crippen LogP contribution in [0.15, 0.2) is 48.5 Å². The molecule has 1 N–H and O–H groups in total. The van der Waals surface area contributed by atoms with Crippen molar-refractivity contribution in [3.05, 3.63) is 71.4 Å². The summed E-state index contributed by atoms with van der Waals surface area (Å²) >= 11 is 0. The van der Waals surface area contributed by atoms with Crippen molar-refractivity contribution in [2.45, 2.75) is 65.3 Å². The maximum Gasteiger partial charge on any atom is 0.230 e. The van der Waals surface area contributed by atoms with Crippen molar-refractivity contribution >= 4 is 22.5 Å². The molecule has 8 heteroatoms. The van der Waals surface area contributed by atoms with Crippen molar-refractivity contribution < 1.29 is 4.79 Å². The number of aryl methyl sites for hydroxylation is 3. The van der Waals surface area contributed by atoms with Crippen LogP contribution in [0.3, 0.4) is 0 Å². The topological polar surface area (TPSA) is 82.9 Å². The van der Waals surface area contributed by atoms with E-state index in [1.807, 2.05) is 30.0 Å². The summed E-state index contributed by atoms with van der Waals surface area (Å²) in [6.45, 7) is 9.41. The zero-order valence-corrected chi connectivity index (χ0v) is 22.9. The van der Waals surface area contributed by atoms with Crippen LogP contribution in [0, 0.1) is 6.92 Å². The average molecular weight is 514 g/mol. The third kappa shape index (κ3) is 5.74. The van der Waals surface area contributed by atoms with Crippen molar-refractivity contribution in [1.82, 2.24) is 29.9 Å². The van der Waals surface area contributed by atoms with Crippen molar-refractivity contribution in [2.75, 3.05) is 31.1 Å². The number of nitrogens with zero attached hydrogens (tertiary/aromatic N) is 6. The van der Waals surface area contributed by atoms with Crippen LogP contribution in [0.1, 0.15) is 62.1 Å². The summed E-state index contributed by atoms with van der Waals surface area (Å²) in [5.74, 6) is 1.53. The highest BCUT2D eigenvalue weighted by molar-refractivity contribution is 5.86. The van der Waals surface area contributed by atoms with E-state index in [2.05, 4.69) is 68.9 Å². The Morgan fingerprint density at radius 3 is 2.34 bits per heavy atom. The van der Waals surface area contributed by atoms with Gasteiger partial charge in [0.25, 0.3) is 0 Å². The van der Waals surface area contributed by atoms with E-state index in [-0.39, 0.29) is 5.91 Å². The standard InChI is InChI=1S/C23H31N7O.C7H8/c1-3-19-18-9-8-17(14-20(18)30(27-19)16-6-5-7-16)28-10-12-29(13-11-28)23(31)15-22-24-21(4-2)25-26-22;1-7-5-3-2-4-6-7/h8-9,14,16H,3-7,10-13,15H2,1-2H3,(H,24,25,26);2-6H,1H3. The van der Waals surface area contributed by atoms with E-state index in [1.54, 1.807) is 0 Å². The number of carbonyl (C=O) groups excluding carboxylic acids is 1. The highest BCUT2D eigenvalue weighted by atomic mass is 16.2. The van der Waals surface area contributed by atoms with Gasteiger partial charge in [0.2, 0.25) is 5.91 Å². The minimum atomic E-state index is 0.115. The molecule has 1 saturated heterocycles. The molecule has 2 aromatic carbocycles. The number of benzene rings is 2. The van der Waals surface area contributed by atoms with Gasteiger partial charge >= 0.3 is 0 Å². The number of aromatic nitrogens is 5. The molecule has 8 nitrogen and oxygen atoms in total. The zero-order valence-electron chi connectivity index (χ0n) is 22.9. The van der Waals surface area contributed by atoms with Crippen LogP contribution in [0.25, 0.3) is 10.9 Å². The van der Waals surface area contributed by atoms with Crippen molar-refractivity contribution in [1.29, 1.82) is 0 Å². The molecule has 0 unspecified atom stereocenters. The first-order chi connectivity index (χ1) is 18.6. The second-order valence-corrected chi connectivity index (χ2v) is 10.3. The van der Waals surface area contributed by atoms with Gasteiger partial charge in [-0.1, -0.05) is 49.7 Å². The van der Waals surface area contributed by atoms with Crippen molar-refractivity contribution in [2.24, 2.45) is 0 Å². The summed E-state index contributed by atoms with van der Waals surface area (Å²) in [6, 6.07) is 17.6. The van der Waals surface area contributed by atoms with E-state index in [4.69, 9.17) is 5.10 Å². The van der Waals surface area contributed by atoms with Crippen LogP contribution in [-0.4, -0.2) is 61.9 Å². The number of piperazine rings is 1. The Morgan fingerprint density at radius 2 is 1.76 bits per heavy atom.